The molecule has 0 saturated carbocycles. The zero-order valence-corrected chi connectivity index (χ0v) is 19.4. The van der Waals surface area contributed by atoms with Crippen LogP contribution in [0.3, 0.4) is 0 Å². The number of fused-ring (bicyclic) bond motifs is 1. The Bertz CT molecular complexity index is 1320. The summed E-state index contributed by atoms with van der Waals surface area (Å²) in [5.74, 6) is -1.36. The number of ether oxygens (including phenoxy) is 5. The number of hydrogen-bond acceptors (Lipinski definition) is 12. The molecule has 2 heterocycles. The fourth-order valence-electron chi connectivity index (χ4n) is 3.83. The van der Waals surface area contributed by atoms with E-state index in [4.69, 9.17) is 23.4 Å². The number of aliphatic hydroxyl groups excluding tert-OH is 3. The summed E-state index contributed by atoms with van der Waals surface area (Å²) in [6, 6.07) is 9.14. The second-order valence-electron chi connectivity index (χ2n) is 7.87. The van der Waals surface area contributed by atoms with E-state index in [2.05, 4.69) is 4.74 Å². The molecule has 0 bridgehead atoms. The van der Waals surface area contributed by atoms with Crippen molar-refractivity contribution in [3.63, 3.8) is 0 Å². The lowest BCUT2D eigenvalue weighted by molar-refractivity contribution is -0.272. The Morgan fingerprint density at radius 3 is 2.25 bits per heavy atom. The normalized spacial score (nSPS) is 23.8. The first-order chi connectivity index (χ1) is 17.2. The van der Waals surface area contributed by atoms with E-state index >= 15 is 0 Å². The SMILES string of the molecule is COC(=O)C1OC(Oc2cc3oc(-c4ccc(OC)cc4)cc(=O)c3c(O)c2OC)C(O)C(O)C1O. The lowest BCUT2D eigenvalue weighted by Gasteiger charge is -2.38. The Labute approximate surface area is 203 Å². The molecule has 4 N–H and O–H groups in total. The van der Waals surface area contributed by atoms with Gasteiger partial charge in [0.1, 0.15) is 40.8 Å². The first-order valence-electron chi connectivity index (χ1n) is 10.7. The Balaban J connectivity index is 1.77. The van der Waals surface area contributed by atoms with Gasteiger partial charge in [0, 0.05) is 17.7 Å². The highest BCUT2D eigenvalue weighted by Crippen LogP contribution is 2.43. The van der Waals surface area contributed by atoms with E-state index in [-0.39, 0.29) is 28.2 Å². The summed E-state index contributed by atoms with van der Waals surface area (Å²) in [7, 11) is 3.77. The van der Waals surface area contributed by atoms with E-state index in [1.807, 2.05) is 0 Å². The van der Waals surface area contributed by atoms with E-state index < -0.39 is 47.9 Å². The molecule has 1 aliphatic heterocycles. The third kappa shape index (κ3) is 4.42. The van der Waals surface area contributed by atoms with Gasteiger partial charge in [-0.2, -0.15) is 0 Å². The number of aliphatic hydroxyl groups is 3. The van der Waals surface area contributed by atoms with Gasteiger partial charge >= 0.3 is 5.97 Å². The van der Waals surface area contributed by atoms with Crippen molar-refractivity contribution in [3.05, 3.63) is 46.6 Å². The van der Waals surface area contributed by atoms with E-state index in [0.717, 1.165) is 7.11 Å². The van der Waals surface area contributed by atoms with Crippen LogP contribution in [-0.4, -0.2) is 78.4 Å². The van der Waals surface area contributed by atoms with Crippen LogP contribution in [0.2, 0.25) is 0 Å². The molecule has 12 nitrogen and oxygen atoms in total. The Morgan fingerprint density at radius 2 is 1.64 bits per heavy atom. The Hall–Kier alpha value is -3.84. The molecule has 5 atom stereocenters. The van der Waals surface area contributed by atoms with Gasteiger partial charge in [-0.25, -0.2) is 4.79 Å². The highest BCUT2D eigenvalue weighted by atomic mass is 16.7. The Kier molecular flexibility index (Phi) is 7.04. The molecular formula is C24H24O12. The van der Waals surface area contributed by atoms with Gasteiger partial charge in [0.2, 0.25) is 12.0 Å². The maximum Gasteiger partial charge on any atom is 0.337 e. The van der Waals surface area contributed by atoms with Crippen LogP contribution >= 0.6 is 0 Å². The number of rotatable bonds is 6. The van der Waals surface area contributed by atoms with E-state index in [0.29, 0.717) is 11.3 Å². The number of esters is 1. The van der Waals surface area contributed by atoms with Crippen molar-refractivity contribution in [2.75, 3.05) is 21.3 Å². The molecule has 1 fully saturated rings. The molecule has 0 amide bonds. The van der Waals surface area contributed by atoms with E-state index in [9.17, 15) is 30.0 Å². The molecule has 5 unspecified atom stereocenters. The monoisotopic (exact) mass is 504 g/mol. The summed E-state index contributed by atoms with van der Waals surface area (Å²) in [5, 5.41) is 41.2. The van der Waals surface area contributed by atoms with Crippen molar-refractivity contribution in [1.82, 2.24) is 0 Å². The van der Waals surface area contributed by atoms with Crippen molar-refractivity contribution in [2.24, 2.45) is 0 Å². The third-order valence-electron chi connectivity index (χ3n) is 5.74. The van der Waals surface area contributed by atoms with Crippen LogP contribution in [0.15, 0.2) is 45.6 Å². The smallest absolute Gasteiger partial charge is 0.337 e. The number of methoxy groups -OCH3 is 3. The van der Waals surface area contributed by atoms with Crippen LogP contribution in [-0.2, 0) is 14.3 Å². The number of phenolic OH excluding ortho intramolecular Hbond substituents is 1. The molecule has 4 rings (SSSR count). The van der Waals surface area contributed by atoms with Crippen LogP contribution in [0.4, 0.5) is 0 Å². The van der Waals surface area contributed by atoms with E-state index in [1.165, 1.54) is 26.4 Å². The second kappa shape index (κ2) is 10.0. The van der Waals surface area contributed by atoms with Crippen molar-refractivity contribution >= 4 is 16.9 Å². The van der Waals surface area contributed by atoms with Crippen LogP contribution < -0.4 is 19.6 Å². The van der Waals surface area contributed by atoms with Gasteiger partial charge in [-0.15, -0.1) is 0 Å². The third-order valence-corrected chi connectivity index (χ3v) is 5.74. The van der Waals surface area contributed by atoms with Crippen LogP contribution in [0.1, 0.15) is 0 Å². The molecule has 0 aliphatic carbocycles. The first kappa shape index (κ1) is 25.3. The predicted molar refractivity (Wildman–Crippen MR) is 122 cm³/mol. The first-order valence-corrected chi connectivity index (χ1v) is 10.7. The van der Waals surface area contributed by atoms with Crippen molar-refractivity contribution in [3.8, 4) is 34.3 Å². The molecule has 2 aromatic carbocycles. The van der Waals surface area contributed by atoms with Gasteiger partial charge in [-0.3, -0.25) is 4.79 Å². The molecule has 1 saturated heterocycles. The molecule has 36 heavy (non-hydrogen) atoms. The topological polar surface area (TPSA) is 174 Å². The van der Waals surface area contributed by atoms with Crippen molar-refractivity contribution in [1.29, 1.82) is 0 Å². The molecule has 3 aromatic rings. The number of hydrogen-bond donors (Lipinski definition) is 4. The predicted octanol–water partition coefficient (Wildman–Crippen LogP) is 0.542. The minimum absolute atomic E-state index is 0.0861. The van der Waals surface area contributed by atoms with Crippen LogP contribution in [0, 0.1) is 0 Å². The van der Waals surface area contributed by atoms with Gasteiger partial charge in [-0.1, -0.05) is 0 Å². The lowest BCUT2D eigenvalue weighted by atomic mass is 9.99. The Morgan fingerprint density at radius 1 is 0.944 bits per heavy atom. The highest BCUT2D eigenvalue weighted by Gasteiger charge is 2.48. The summed E-state index contributed by atoms with van der Waals surface area (Å²) in [4.78, 5) is 24.8. The minimum Gasteiger partial charge on any atom is -0.504 e. The number of carbonyl (C=O) groups excluding carboxylic acids is 1. The number of phenols is 1. The summed E-state index contributed by atoms with van der Waals surface area (Å²) < 4.78 is 31.7. The number of aromatic hydroxyl groups is 1. The highest BCUT2D eigenvalue weighted by molar-refractivity contribution is 5.89. The fraction of sp³-hybridized carbons (Fsp3) is 0.333. The summed E-state index contributed by atoms with van der Waals surface area (Å²) >= 11 is 0. The maximum atomic E-state index is 12.9. The summed E-state index contributed by atoms with van der Waals surface area (Å²) in [6.45, 7) is 0. The van der Waals surface area contributed by atoms with Crippen molar-refractivity contribution < 1.29 is 53.3 Å². The molecule has 0 spiro atoms. The number of benzene rings is 2. The summed E-state index contributed by atoms with van der Waals surface area (Å²) in [6.07, 6.45) is -8.79. The van der Waals surface area contributed by atoms with Crippen molar-refractivity contribution in [2.45, 2.75) is 30.7 Å². The van der Waals surface area contributed by atoms with Gasteiger partial charge in [0.25, 0.3) is 0 Å². The maximum absolute atomic E-state index is 12.9. The van der Waals surface area contributed by atoms with Crippen LogP contribution in [0.5, 0.6) is 23.0 Å². The van der Waals surface area contributed by atoms with Gasteiger partial charge in [0.05, 0.1) is 21.3 Å². The molecule has 192 valence electrons. The van der Waals surface area contributed by atoms with Gasteiger partial charge in [0.15, 0.2) is 23.0 Å². The second-order valence-corrected chi connectivity index (χ2v) is 7.87. The molecule has 0 radical (unpaired) electrons. The number of carbonyl (C=O) groups is 1. The zero-order valence-electron chi connectivity index (χ0n) is 19.4. The molecule has 1 aliphatic rings. The summed E-state index contributed by atoms with van der Waals surface area (Å²) in [5.41, 5.74) is -0.101. The zero-order chi connectivity index (χ0) is 26.1. The minimum atomic E-state index is -1.83. The lowest BCUT2D eigenvalue weighted by Crippen LogP contribution is -2.61. The van der Waals surface area contributed by atoms with Gasteiger partial charge < -0.3 is 48.5 Å². The molecular weight excluding hydrogens is 480 g/mol. The fourth-order valence-corrected chi connectivity index (χ4v) is 3.83. The quantitative estimate of drug-likeness (QED) is 0.344. The average molecular weight is 504 g/mol. The average Bonchev–Trinajstić information content (AvgIpc) is 2.88. The molecule has 1 aromatic heterocycles. The van der Waals surface area contributed by atoms with Crippen LogP contribution in [0.25, 0.3) is 22.3 Å². The standard InChI is InChI=1S/C24H24O12/c1-31-11-6-4-10(5-7-11)13-8-12(25)16-14(34-13)9-15(21(32-2)17(16)26)35-24-20(29)18(27)19(28)22(36-24)23(30)33-3/h4-9,18-20,22,24,26-29H,1-3H3. The van der Waals surface area contributed by atoms with Gasteiger partial charge in [-0.05, 0) is 24.3 Å². The van der Waals surface area contributed by atoms with E-state index in [1.54, 1.807) is 24.3 Å². The molecule has 12 heteroatoms. The largest absolute Gasteiger partial charge is 0.504 e.